The van der Waals surface area contributed by atoms with Crippen LogP contribution in [0.2, 0.25) is 0 Å². The second-order valence-electron chi connectivity index (χ2n) is 8.23. The first-order chi connectivity index (χ1) is 17.3. The number of carboxylic acids is 1. The molecule has 1 aliphatic rings. The van der Waals surface area contributed by atoms with Crippen molar-refractivity contribution < 1.29 is 19.1 Å². The fraction of sp³-hybridized carbons (Fsp3) is 0.259. The minimum atomic E-state index is -1.14. The summed E-state index contributed by atoms with van der Waals surface area (Å²) in [5, 5.41) is 12.3. The summed E-state index contributed by atoms with van der Waals surface area (Å²) >= 11 is 1.41. The molecule has 0 spiro atoms. The summed E-state index contributed by atoms with van der Waals surface area (Å²) in [5.41, 5.74) is 8.94. The Morgan fingerprint density at radius 3 is 2.47 bits per heavy atom. The highest BCUT2D eigenvalue weighted by Crippen LogP contribution is 2.27. The van der Waals surface area contributed by atoms with E-state index in [0.29, 0.717) is 16.7 Å². The zero-order chi connectivity index (χ0) is 25.9. The summed E-state index contributed by atoms with van der Waals surface area (Å²) in [7, 11) is 0. The average molecular weight is 507 g/mol. The fourth-order valence-corrected chi connectivity index (χ4v) is 3.91. The number of benzene rings is 1. The van der Waals surface area contributed by atoms with Gasteiger partial charge in [-0.3, -0.25) is 9.78 Å². The van der Waals surface area contributed by atoms with E-state index in [1.54, 1.807) is 12.1 Å². The maximum Gasteiger partial charge on any atom is 0.326 e. The van der Waals surface area contributed by atoms with Gasteiger partial charge in [-0.2, -0.15) is 0 Å². The number of nitrogens with zero attached hydrogens (tertiary/aromatic N) is 2. The van der Waals surface area contributed by atoms with Crippen LogP contribution in [-0.2, 0) is 21.8 Å². The van der Waals surface area contributed by atoms with Crippen molar-refractivity contribution >= 4 is 35.8 Å². The third kappa shape index (κ3) is 8.51. The van der Waals surface area contributed by atoms with Crippen LogP contribution in [0.3, 0.4) is 0 Å². The lowest BCUT2D eigenvalue weighted by Crippen LogP contribution is -2.48. The summed E-state index contributed by atoms with van der Waals surface area (Å²) in [4.78, 5) is 32.1. The Hall–Kier alpha value is -3.69. The van der Waals surface area contributed by atoms with E-state index in [0.717, 1.165) is 23.6 Å². The normalized spacial score (nSPS) is 13.5. The van der Waals surface area contributed by atoms with Gasteiger partial charge in [0, 0.05) is 17.9 Å². The molecule has 2 heterocycles. The lowest BCUT2D eigenvalue weighted by atomic mass is 10.1. The molecule has 4 rings (SSSR count). The molecule has 4 N–H and O–H groups in total. The number of aliphatic carboxylic acids is 1. The van der Waals surface area contributed by atoms with E-state index >= 15 is 0 Å². The van der Waals surface area contributed by atoms with Gasteiger partial charge in [-0.15, -0.1) is 0 Å². The Morgan fingerprint density at radius 2 is 1.81 bits per heavy atom. The molecule has 2 atom stereocenters. The summed E-state index contributed by atoms with van der Waals surface area (Å²) in [6.07, 6.45) is 8.80. The Balaban J connectivity index is 0.000000444. The molecule has 1 aromatic carbocycles. The minimum absolute atomic E-state index is 0.0647. The number of oxazole rings is 1. The van der Waals surface area contributed by atoms with Gasteiger partial charge in [0.2, 0.25) is 5.91 Å². The highest BCUT2D eigenvalue weighted by atomic mass is 32.2. The van der Waals surface area contributed by atoms with Crippen LogP contribution in [0.4, 0.5) is 0 Å². The molecule has 0 fully saturated rings. The molecule has 0 saturated carbocycles. The van der Waals surface area contributed by atoms with E-state index in [4.69, 9.17) is 10.2 Å². The third-order valence-corrected chi connectivity index (χ3v) is 5.93. The average Bonchev–Trinajstić information content (AvgIpc) is 3.12. The van der Waals surface area contributed by atoms with Gasteiger partial charge in [0.15, 0.2) is 5.76 Å². The number of rotatable bonds is 8. The predicted molar refractivity (Wildman–Crippen MR) is 141 cm³/mol. The van der Waals surface area contributed by atoms with Crippen molar-refractivity contribution in [2.45, 2.75) is 49.7 Å². The number of hydrogen-bond donors (Lipinski definition) is 3. The molecular weight excluding hydrogens is 476 g/mol. The maximum atomic E-state index is 11.7. The van der Waals surface area contributed by atoms with Crippen molar-refractivity contribution in [3.8, 4) is 0 Å². The molecule has 0 bridgehead atoms. The fourth-order valence-electron chi connectivity index (χ4n) is 3.16. The summed E-state index contributed by atoms with van der Waals surface area (Å²) in [6.45, 7) is 3.58. The van der Waals surface area contributed by atoms with E-state index < -0.39 is 24.0 Å². The number of aryl methyl sites for hydroxylation is 1. The first-order valence-corrected chi connectivity index (χ1v) is 12.5. The topological polar surface area (TPSA) is 131 Å². The first kappa shape index (κ1) is 26.9. The molecule has 0 aliphatic heterocycles. The van der Waals surface area contributed by atoms with Crippen LogP contribution in [0.15, 0.2) is 70.3 Å². The number of pyridine rings is 1. The van der Waals surface area contributed by atoms with Crippen LogP contribution in [0.1, 0.15) is 41.8 Å². The molecule has 2 unspecified atom stereocenters. The Labute approximate surface area is 214 Å². The first-order valence-electron chi connectivity index (χ1n) is 11.5. The number of carboxylic acid groups (broad SMARTS) is 1. The summed E-state index contributed by atoms with van der Waals surface area (Å²) in [6, 6.07) is 13.8. The number of nitrogens with two attached hydrogens (primary N) is 1. The second kappa shape index (κ2) is 13.4. The standard InChI is InChI=1S/C20H22N4O4S.C7H8/c1-12(21)18(25)23-16(19(26)27)10-13-6-5-7-14(22-13)11-29-20-24-15-8-3-2-4-9-17(15)28-20;1-7-5-3-2-4-6-7/h3-9,12,16H,2,10-11,21H2,1H3,(H,23,25)(H,26,27);2-6H,1H3. The number of thioether (sulfide) groups is 1. The van der Waals surface area contributed by atoms with Crippen LogP contribution in [0, 0.1) is 6.92 Å². The molecule has 2 aromatic heterocycles. The van der Waals surface area contributed by atoms with E-state index in [1.165, 1.54) is 24.2 Å². The molecule has 8 nitrogen and oxygen atoms in total. The van der Waals surface area contributed by atoms with E-state index in [-0.39, 0.29) is 6.42 Å². The van der Waals surface area contributed by atoms with Crippen molar-refractivity contribution in [2.24, 2.45) is 5.73 Å². The summed E-state index contributed by atoms with van der Waals surface area (Å²) < 4.78 is 5.75. The lowest BCUT2D eigenvalue weighted by molar-refractivity contribution is -0.141. The van der Waals surface area contributed by atoms with Gasteiger partial charge in [0.1, 0.15) is 11.7 Å². The molecule has 3 aromatic rings. The van der Waals surface area contributed by atoms with Gasteiger partial charge in [-0.25, -0.2) is 9.78 Å². The lowest BCUT2D eigenvalue weighted by Gasteiger charge is -2.16. The number of amides is 1. The highest BCUT2D eigenvalue weighted by molar-refractivity contribution is 7.98. The van der Waals surface area contributed by atoms with Crippen molar-refractivity contribution in [3.05, 3.63) is 89.1 Å². The second-order valence-corrected chi connectivity index (χ2v) is 9.15. The SMILES string of the molecule is CC(N)C(=O)NC(Cc1cccc(CSc2nc3c(o2)C=CCC=C3)n1)C(=O)O.Cc1ccccc1. The molecule has 188 valence electrons. The van der Waals surface area contributed by atoms with Crippen LogP contribution in [0.25, 0.3) is 12.2 Å². The quantitative estimate of drug-likeness (QED) is 0.387. The largest absolute Gasteiger partial charge is 0.480 e. The molecule has 0 saturated heterocycles. The molecule has 1 aliphatic carbocycles. The molecule has 0 radical (unpaired) electrons. The van der Waals surface area contributed by atoms with Crippen LogP contribution in [0.5, 0.6) is 0 Å². The zero-order valence-electron chi connectivity index (χ0n) is 20.3. The highest BCUT2D eigenvalue weighted by Gasteiger charge is 2.22. The number of carbonyl (C=O) groups excluding carboxylic acids is 1. The third-order valence-electron chi connectivity index (χ3n) is 5.07. The minimum Gasteiger partial charge on any atom is -0.480 e. The molecule has 1 amide bonds. The van der Waals surface area contributed by atoms with Gasteiger partial charge in [-0.1, -0.05) is 65.9 Å². The van der Waals surface area contributed by atoms with Gasteiger partial charge in [0.25, 0.3) is 5.22 Å². The van der Waals surface area contributed by atoms with Crippen molar-refractivity contribution in [2.75, 3.05) is 0 Å². The maximum absolute atomic E-state index is 11.7. The van der Waals surface area contributed by atoms with Crippen LogP contribution < -0.4 is 11.1 Å². The van der Waals surface area contributed by atoms with Gasteiger partial charge in [-0.05, 0) is 44.6 Å². The number of aromatic nitrogens is 2. The predicted octanol–water partition coefficient (Wildman–Crippen LogP) is 4.25. The number of fused-ring (bicyclic) bond motifs is 1. The van der Waals surface area contributed by atoms with Gasteiger partial charge in [0.05, 0.1) is 11.7 Å². The zero-order valence-corrected chi connectivity index (χ0v) is 21.1. The van der Waals surface area contributed by atoms with Crippen molar-refractivity contribution in [1.29, 1.82) is 0 Å². The Morgan fingerprint density at radius 1 is 1.08 bits per heavy atom. The monoisotopic (exact) mass is 506 g/mol. The van der Waals surface area contributed by atoms with E-state index in [2.05, 4.69) is 34.3 Å². The van der Waals surface area contributed by atoms with Crippen molar-refractivity contribution in [3.63, 3.8) is 0 Å². The van der Waals surface area contributed by atoms with Crippen molar-refractivity contribution in [1.82, 2.24) is 15.3 Å². The smallest absolute Gasteiger partial charge is 0.326 e. The van der Waals surface area contributed by atoms with Gasteiger partial charge < -0.3 is 20.6 Å². The molecular formula is C27H30N4O4S. The van der Waals surface area contributed by atoms with Crippen LogP contribution >= 0.6 is 11.8 Å². The number of hydrogen-bond acceptors (Lipinski definition) is 7. The van der Waals surface area contributed by atoms with Crippen LogP contribution in [-0.4, -0.2) is 39.0 Å². The van der Waals surface area contributed by atoms with E-state index in [9.17, 15) is 14.7 Å². The number of allylic oxidation sites excluding steroid dienone is 2. The Bertz CT molecular complexity index is 1190. The number of carbonyl (C=O) groups is 2. The summed E-state index contributed by atoms with van der Waals surface area (Å²) in [5.74, 6) is -0.402. The molecule has 9 heteroatoms. The van der Waals surface area contributed by atoms with Gasteiger partial charge >= 0.3 is 5.97 Å². The molecule has 36 heavy (non-hydrogen) atoms. The Kier molecular flexibility index (Phi) is 10.0. The van der Waals surface area contributed by atoms with E-state index in [1.807, 2.05) is 48.6 Å². The number of nitrogens with one attached hydrogen (secondary N) is 1.